The number of ether oxygens (including phenoxy) is 1. The number of carbonyl (C=O) groups is 1. The fraction of sp³-hybridized carbons (Fsp3) is 0.417. The maximum atomic E-state index is 11.6. The number of hydrogen-bond donors (Lipinski definition) is 2. The first-order chi connectivity index (χ1) is 8.04. The normalized spacial score (nSPS) is 11.6. The van der Waals surface area contributed by atoms with E-state index in [1.807, 2.05) is 18.2 Å². The lowest BCUT2D eigenvalue weighted by atomic mass is 10.1. The summed E-state index contributed by atoms with van der Waals surface area (Å²) >= 11 is 3.43. The molecule has 0 fully saturated rings. The fourth-order valence-corrected chi connectivity index (χ4v) is 1.94. The number of rotatable bonds is 5. The van der Waals surface area contributed by atoms with Gasteiger partial charge in [0.05, 0.1) is 6.61 Å². The highest BCUT2D eigenvalue weighted by Crippen LogP contribution is 2.25. The standard InChI is InChI=1S/C12H17BrN2O2.ClH/c1-8(14)6-12(16)15-11-5-3-4-10(13)9(11)7-17-2;/h3-5,8H,6-7,14H2,1-2H3,(H,15,16);1H. The van der Waals surface area contributed by atoms with E-state index in [0.717, 1.165) is 15.7 Å². The van der Waals surface area contributed by atoms with Crippen molar-refractivity contribution in [1.82, 2.24) is 0 Å². The summed E-state index contributed by atoms with van der Waals surface area (Å²) in [5.74, 6) is -0.0875. The maximum Gasteiger partial charge on any atom is 0.225 e. The highest BCUT2D eigenvalue weighted by Gasteiger charge is 2.10. The summed E-state index contributed by atoms with van der Waals surface area (Å²) in [5.41, 5.74) is 7.26. The van der Waals surface area contributed by atoms with Crippen molar-refractivity contribution < 1.29 is 9.53 Å². The van der Waals surface area contributed by atoms with Gasteiger partial charge in [-0.3, -0.25) is 4.79 Å². The van der Waals surface area contributed by atoms with Gasteiger partial charge in [-0.05, 0) is 19.1 Å². The molecule has 4 nitrogen and oxygen atoms in total. The molecule has 0 spiro atoms. The Balaban J connectivity index is 0.00000289. The number of methoxy groups -OCH3 is 1. The molecular formula is C12H18BrClN2O2. The fourth-order valence-electron chi connectivity index (χ4n) is 1.46. The van der Waals surface area contributed by atoms with Gasteiger partial charge in [0.1, 0.15) is 0 Å². The lowest BCUT2D eigenvalue weighted by molar-refractivity contribution is -0.116. The molecule has 0 aliphatic rings. The van der Waals surface area contributed by atoms with E-state index in [1.165, 1.54) is 0 Å². The van der Waals surface area contributed by atoms with Gasteiger partial charge in [-0.25, -0.2) is 0 Å². The molecular weight excluding hydrogens is 320 g/mol. The van der Waals surface area contributed by atoms with Crippen molar-refractivity contribution >= 4 is 39.9 Å². The Labute approximate surface area is 122 Å². The monoisotopic (exact) mass is 336 g/mol. The number of benzene rings is 1. The summed E-state index contributed by atoms with van der Waals surface area (Å²) in [6.07, 6.45) is 0.304. The summed E-state index contributed by atoms with van der Waals surface area (Å²) in [7, 11) is 1.62. The highest BCUT2D eigenvalue weighted by atomic mass is 79.9. The molecule has 0 saturated heterocycles. The van der Waals surface area contributed by atoms with E-state index in [-0.39, 0.29) is 24.4 Å². The first-order valence-corrected chi connectivity index (χ1v) is 6.15. The average molecular weight is 338 g/mol. The summed E-state index contributed by atoms with van der Waals surface area (Å²) in [6.45, 7) is 2.24. The van der Waals surface area contributed by atoms with E-state index in [9.17, 15) is 4.79 Å². The number of halogens is 2. The number of nitrogens with one attached hydrogen (secondary N) is 1. The van der Waals surface area contributed by atoms with E-state index in [0.29, 0.717) is 13.0 Å². The van der Waals surface area contributed by atoms with Crippen LogP contribution in [0.25, 0.3) is 0 Å². The van der Waals surface area contributed by atoms with Crippen molar-refractivity contribution in [3.63, 3.8) is 0 Å². The second-order valence-corrected chi connectivity index (χ2v) is 4.78. The minimum atomic E-state index is -0.145. The quantitative estimate of drug-likeness (QED) is 0.868. The molecule has 0 bridgehead atoms. The van der Waals surface area contributed by atoms with Gasteiger partial charge in [-0.2, -0.15) is 0 Å². The Hall–Kier alpha value is -0.620. The van der Waals surface area contributed by atoms with Gasteiger partial charge >= 0.3 is 0 Å². The molecule has 102 valence electrons. The highest BCUT2D eigenvalue weighted by molar-refractivity contribution is 9.10. The lowest BCUT2D eigenvalue weighted by Crippen LogP contribution is -2.24. The molecule has 3 N–H and O–H groups in total. The van der Waals surface area contributed by atoms with Crippen molar-refractivity contribution in [1.29, 1.82) is 0 Å². The molecule has 0 radical (unpaired) electrons. The number of hydrogen-bond acceptors (Lipinski definition) is 3. The zero-order chi connectivity index (χ0) is 12.8. The van der Waals surface area contributed by atoms with Crippen LogP contribution >= 0.6 is 28.3 Å². The third-order valence-electron chi connectivity index (χ3n) is 2.19. The van der Waals surface area contributed by atoms with Crippen LogP contribution in [0, 0.1) is 0 Å². The molecule has 0 saturated carbocycles. The van der Waals surface area contributed by atoms with E-state index < -0.39 is 0 Å². The molecule has 0 aromatic heterocycles. The molecule has 1 aromatic carbocycles. The molecule has 0 heterocycles. The largest absolute Gasteiger partial charge is 0.380 e. The summed E-state index contributed by atoms with van der Waals surface area (Å²) in [5, 5.41) is 2.84. The van der Waals surface area contributed by atoms with Crippen molar-refractivity contribution in [2.75, 3.05) is 12.4 Å². The minimum absolute atomic E-state index is 0. The Kier molecular flexibility index (Phi) is 8.18. The summed E-state index contributed by atoms with van der Waals surface area (Å²) < 4.78 is 6.02. The zero-order valence-corrected chi connectivity index (χ0v) is 12.8. The second-order valence-electron chi connectivity index (χ2n) is 3.93. The molecule has 18 heavy (non-hydrogen) atoms. The van der Waals surface area contributed by atoms with Gasteiger partial charge in [0, 0.05) is 35.3 Å². The summed E-state index contributed by atoms with van der Waals surface area (Å²) in [6, 6.07) is 5.48. The topological polar surface area (TPSA) is 64.3 Å². The van der Waals surface area contributed by atoms with Crippen LogP contribution in [0.5, 0.6) is 0 Å². The molecule has 1 unspecified atom stereocenters. The number of carbonyl (C=O) groups excluding carboxylic acids is 1. The van der Waals surface area contributed by atoms with Gasteiger partial charge in [0.2, 0.25) is 5.91 Å². The van der Waals surface area contributed by atoms with Crippen molar-refractivity contribution in [3.8, 4) is 0 Å². The Morgan fingerprint density at radius 3 is 2.78 bits per heavy atom. The van der Waals surface area contributed by atoms with Crippen LogP contribution in [0.1, 0.15) is 18.9 Å². The van der Waals surface area contributed by atoms with Crippen LogP contribution < -0.4 is 11.1 Å². The van der Waals surface area contributed by atoms with Gasteiger partial charge in [0.15, 0.2) is 0 Å². The average Bonchev–Trinajstić information content (AvgIpc) is 2.22. The van der Waals surface area contributed by atoms with Crippen LogP contribution in [-0.4, -0.2) is 19.1 Å². The van der Waals surface area contributed by atoms with Crippen LogP contribution in [0.2, 0.25) is 0 Å². The Morgan fingerprint density at radius 2 is 2.22 bits per heavy atom. The molecule has 1 rings (SSSR count). The van der Waals surface area contributed by atoms with Crippen LogP contribution in [0.15, 0.2) is 22.7 Å². The van der Waals surface area contributed by atoms with Gasteiger partial charge < -0.3 is 15.8 Å². The number of anilines is 1. The first-order valence-electron chi connectivity index (χ1n) is 5.36. The SMILES string of the molecule is COCc1c(Br)cccc1NC(=O)CC(C)N.Cl. The third-order valence-corrected chi connectivity index (χ3v) is 2.93. The third kappa shape index (κ3) is 5.35. The predicted molar refractivity (Wildman–Crippen MR) is 79.0 cm³/mol. The molecule has 0 aliphatic heterocycles. The summed E-state index contributed by atoms with van der Waals surface area (Å²) in [4.78, 5) is 11.6. The number of nitrogens with two attached hydrogens (primary N) is 1. The number of amides is 1. The van der Waals surface area contributed by atoms with E-state index in [4.69, 9.17) is 10.5 Å². The van der Waals surface area contributed by atoms with Crippen molar-refractivity contribution in [3.05, 3.63) is 28.2 Å². The molecule has 1 atom stereocenters. The van der Waals surface area contributed by atoms with Crippen molar-refractivity contribution in [2.24, 2.45) is 5.73 Å². The molecule has 1 aromatic rings. The maximum absolute atomic E-state index is 11.6. The second kappa shape index (κ2) is 8.48. The zero-order valence-electron chi connectivity index (χ0n) is 10.4. The lowest BCUT2D eigenvalue weighted by Gasteiger charge is -2.13. The van der Waals surface area contributed by atoms with Crippen molar-refractivity contribution in [2.45, 2.75) is 26.0 Å². The van der Waals surface area contributed by atoms with E-state index in [2.05, 4.69) is 21.2 Å². The Bertz CT molecular complexity index is 400. The van der Waals surface area contributed by atoms with E-state index in [1.54, 1.807) is 14.0 Å². The first kappa shape index (κ1) is 17.4. The molecule has 0 aliphatic carbocycles. The van der Waals surface area contributed by atoms with Crippen LogP contribution in [-0.2, 0) is 16.1 Å². The predicted octanol–water partition coefficient (Wildman–Crippen LogP) is 2.69. The van der Waals surface area contributed by atoms with Crippen LogP contribution in [0.3, 0.4) is 0 Å². The molecule has 1 amide bonds. The van der Waals surface area contributed by atoms with Crippen LogP contribution in [0.4, 0.5) is 5.69 Å². The smallest absolute Gasteiger partial charge is 0.225 e. The van der Waals surface area contributed by atoms with Gasteiger partial charge in [0.25, 0.3) is 0 Å². The minimum Gasteiger partial charge on any atom is -0.380 e. The molecule has 6 heteroatoms. The van der Waals surface area contributed by atoms with Gasteiger partial charge in [-0.15, -0.1) is 12.4 Å². The van der Waals surface area contributed by atoms with E-state index >= 15 is 0 Å². The van der Waals surface area contributed by atoms with Gasteiger partial charge in [-0.1, -0.05) is 22.0 Å². The Morgan fingerprint density at radius 1 is 1.56 bits per heavy atom.